The number of ether oxygens (including phenoxy) is 1. The van der Waals surface area contributed by atoms with Crippen LogP contribution in [-0.4, -0.2) is 37.7 Å². The van der Waals surface area contributed by atoms with Crippen LogP contribution in [0.15, 0.2) is 22.7 Å². The summed E-state index contributed by atoms with van der Waals surface area (Å²) in [6, 6.07) is 6.50. The van der Waals surface area contributed by atoms with Crippen LogP contribution in [0.5, 0.6) is 5.75 Å². The van der Waals surface area contributed by atoms with Gasteiger partial charge in [0.05, 0.1) is 4.47 Å². The number of benzene rings is 1. The molecule has 2 aliphatic heterocycles. The van der Waals surface area contributed by atoms with Crippen molar-refractivity contribution in [1.82, 2.24) is 10.2 Å². The Morgan fingerprint density at radius 2 is 2.21 bits per heavy atom. The van der Waals surface area contributed by atoms with Gasteiger partial charge in [0, 0.05) is 18.6 Å². The molecule has 4 heteroatoms. The minimum Gasteiger partial charge on any atom is -0.487 e. The molecule has 0 spiro atoms. The molecule has 3 nitrogen and oxygen atoms in total. The lowest BCUT2D eigenvalue weighted by atomic mass is 9.90. The van der Waals surface area contributed by atoms with Gasteiger partial charge in [0.1, 0.15) is 11.9 Å². The zero-order valence-corrected chi connectivity index (χ0v) is 13.2. The lowest BCUT2D eigenvalue weighted by Crippen LogP contribution is -2.51. The number of hydrogen-bond donors (Lipinski definition) is 1. The van der Waals surface area contributed by atoms with Crippen LogP contribution in [0.4, 0.5) is 0 Å². The molecule has 104 valence electrons. The molecule has 2 fully saturated rings. The molecule has 0 bridgehead atoms. The fourth-order valence-corrected chi connectivity index (χ4v) is 3.45. The van der Waals surface area contributed by atoms with E-state index >= 15 is 0 Å². The Morgan fingerprint density at radius 1 is 1.42 bits per heavy atom. The average Bonchev–Trinajstić information content (AvgIpc) is 2.78. The summed E-state index contributed by atoms with van der Waals surface area (Å²) in [5.74, 6) is 0.962. The molecular formula is C15H21BrN2O. The fourth-order valence-electron chi connectivity index (χ4n) is 2.98. The van der Waals surface area contributed by atoms with E-state index in [1.54, 1.807) is 0 Å². The molecule has 1 atom stereocenters. The van der Waals surface area contributed by atoms with Crippen LogP contribution in [0.25, 0.3) is 0 Å². The zero-order valence-electron chi connectivity index (χ0n) is 11.6. The summed E-state index contributed by atoms with van der Waals surface area (Å²) < 4.78 is 7.06. The maximum absolute atomic E-state index is 5.99. The number of likely N-dealkylation sites (N-methyl/N-ethyl adjacent to an activating group) is 1. The summed E-state index contributed by atoms with van der Waals surface area (Å²) in [6.45, 7) is 5.44. The van der Waals surface area contributed by atoms with Gasteiger partial charge in [0.2, 0.25) is 0 Å². The Bertz CT molecular complexity index is 465. The number of nitrogens with one attached hydrogen (secondary N) is 1. The van der Waals surface area contributed by atoms with Gasteiger partial charge >= 0.3 is 0 Å². The van der Waals surface area contributed by atoms with E-state index in [0.29, 0.717) is 6.10 Å². The molecule has 3 rings (SSSR count). The standard InChI is InChI=1S/C15H21BrN2O/c1-15(6-3-7-17-15)11-4-5-14(13(16)8-11)19-12-9-18(2)10-12/h4-5,8,12,17H,3,6-7,9-10H2,1-2H3. The van der Waals surface area contributed by atoms with Gasteiger partial charge in [-0.2, -0.15) is 0 Å². The lowest BCUT2D eigenvalue weighted by Gasteiger charge is -2.36. The second-order valence-electron chi connectivity index (χ2n) is 5.97. The summed E-state index contributed by atoms with van der Waals surface area (Å²) in [5, 5.41) is 3.60. The molecule has 0 aliphatic carbocycles. The van der Waals surface area contributed by atoms with Crippen molar-refractivity contribution in [2.24, 2.45) is 0 Å². The second-order valence-corrected chi connectivity index (χ2v) is 6.82. The number of hydrogen-bond acceptors (Lipinski definition) is 3. The fraction of sp³-hybridized carbons (Fsp3) is 0.600. The first-order valence-corrected chi connectivity index (χ1v) is 7.76. The number of nitrogens with zero attached hydrogens (tertiary/aromatic N) is 1. The van der Waals surface area contributed by atoms with E-state index in [2.05, 4.69) is 58.3 Å². The molecular weight excluding hydrogens is 304 g/mol. The van der Waals surface area contributed by atoms with Crippen molar-refractivity contribution >= 4 is 15.9 Å². The quantitative estimate of drug-likeness (QED) is 0.925. The van der Waals surface area contributed by atoms with Crippen LogP contribution in [0.3, 0.4) is 0 Å². The molecule has 2 aliphatic rings. The van der Waals surface area contributed by atoms with Gasteiger partial charge in [0.25, 0.3) is 0 Å². The van der Waals surface area contributed by atoms with Crippen molar-refractivity contribution in [2.75, 3.05) is 26.7 Å². The first-order chi connectivity index (χ1) is 9.07. The Kier molecular flexibility index (Phi) is 3.58. The lowest BCUT2D eigenvalue weighted by molar-refractivity contribution is 0.0383. The normalized spacial score (nSPS) is 28.4. The highest BCUT2D eigenvalue weighted by Gasteiger charge is 2.31. The van der Waals surface area contributed by atoms with Crippen LogP contribution in [-0.2, 0) is 5.54 Å². The maximum Gasteiger partial charge on any atom is 0.134 e. The Labute approximate surface area is 123 Å². The first kappa shape index (κ1) is 13.4. The van der Waals surface area contributed by atoms with Gasteiger partial charge in [-0.1, -0.05) is 6.07 Å². The molecule has 19 heavy (non-hydrogen) atoms. The number of likely N-dealkylation sites (tertiary alicyclic amines) is 1. The second kappa shape index (κ2) is 5.08. The molecule has 1 aromatic rings. The Hall–Kier alpha value is -0.580. The smallest absolute Gasteiger partial charge is 0.134 e. The predicted molar refractivity (Wildman–Crippen MR) is 80.6 cm³/mol. The summed E-state index contributed by atoms with van der Waals surface area (Å²) >= 11 is 3.65. The zero-order chi connectivity index (χ0) is 13.5. The van der Waals surface area contributed by atoms with Crippen molar-refractivity contribution in [3.05, 3.63) is 28.2 Å². The minimum atomic E-state index is 0.123. The number of halogens is 1. The average molecular weight is 325 g/mol. The highest BCUT2D eigenvalue weighted by atomic mass is 79.9. The largest absolute Gasteiger partial charge is 0.487 e. The molecule has 1 unspecified atom stereocenters. The van der Waals surface area contributed by atoms with Gasteiger partial charge < -0.3 is 10.1 Å². The minimum absolute atomic E-state index is 0.123. The van der Waals surface area contributed by atoms with Gasteiger partial charge in [-0.3, -0.25) is 4.90 Å². The van der Waals surface area contributed by atoms with E-state index in [1.165, 1.54) is 18.4 Å². The van der Waals surface area contributed by atoms with Crippen LogP contribution >= 0.6 is 15.9 Å². The number of rotatable bonds is 3. The Morgan fingerprint density at radius 3 is 2.79 bits per heavy atom. The molecule has 0 amide bonds. The topological polar surface area (TPSA) is 24.5 Å². The monoisotopic (exact) mass is 324 g/mol. The van der Waals surface area contributed by atoms with E-state index in [9.17, 15) is 0 Å². The highest BCUT2D eigenvalue weighted by Crippen LogP contribution is 2.35. The van der Waals surface area contributed by atoms with Crippen molar-refractivity contribution < 1.29 is 4.74 Å². The van der Waals surface area contributed by atoms with Gasteiger partial charge in [-0.15, -0.1) is 0 Å². The van der Waals surface area contributed by atoms with Gasteiger partial charge in [0.15, 0.2) is 0 Å². The van der Waals surface area contributed by atoms with E-state index in [1.807, 2.05) is 0 Å². The molecule has 1 N–H and O–H groups in total. The van der Waals surface area contributed by atoms with Crippen LogP contribution < -0.4 is 10.1 Å². The molecule has 0 radical (unpaired) electrons. The van der Waals surface area contributed by atoms with Crippen LogP contribution in [0.1, 0.15) is 25.3 Å². The third-order valence-corrected chi connectivity index (χ3v) is 4.88. The summed E-state index contributed by atoms with van der Waals surface area (Å²) in [6.07, 6.45) is 2.79. The maximum atomic E-state index is 5.99. The van der Waals surface area contributed by atoms with Crippen molar-refractivity contribution in [1.29, 1.82) is 0 Å². The predicted octanol–water partition coefficient (Wildman–Crippen LogP) is 2.74. The molecule has 1 aromatic carbocycles. The third-order valence-electron chi connectivity index (χ3n) is 4.26. The molecule has 0 saturated carbocycles. The first-order valence-electron chi connectivity index (χ1n) is 6.97. The summed E-state index contributed by atoms with van der Waals surface area (Å²) in [4.78, 5) is 2.26. The van der Waals surface area contributed by atoms with Crippen molar-refractivity contribution in [2.45, 2.75) is 31.4 Å². The van der Waals surface area contributed by atoms with E-state index in [0.717, 1.165) is 29.9 Å². The molecule has 0 aromatic heterocycles. The van der Waals surface area contributed by atoms with E-state index in [4.69, 9.17) is 4.74 Å². The van der Waals surface area contributed by atoms with Crippen LogP contribution in [0.2, 0.25) is 0 Å². The molecule has 2 heterocycles. The van der Waals surface area contributed by atoms with Crippen molar-refractivity contribution in [3.63, 3.8) is 0 Å². The van der Waals surface area contributed by atoms with Crippen molar-refractivity contribution in [3.8, 4) is 5.75 Å². The summed E-state index contributed by atoms with van der Waals surface area (Å²) in [5.41, 5.74) is 1.47. The highest BCUT2D eigenvalue weighted by molar-refractivity contribution is 9.10. The van der Waals surface area contributed by atoms with Gasteiger partial charge in [-0.05, 0) is 67.0 Å². The summed E-state index contributed by atoms with van der Waals surface area (Å²) in [7, 11) is 2.12. The van der Waals surface area contributed by atoms with Crippen LogP contribution in [0, 0.1) is 0 Å². The van der Waals surface area contributed by atoms with Gasteiger partial charge in [-0.25, -0.2) is 0 Å². The van der Waals surface area contributed by atoms with E-state index in [-0.39, 0.29) is 5.54 Å². The Balaban J connectivity index is 1.74. The van der Waals surface area contributed by atoms with E-state index < -0.39 is 0 Å². The third kappa shape index (κ3) is 2.67. The molecule has 2 saturated heterocycles. The SMILES string of the molecule is CN1CC(Oc2ccc(C3(C)CCCN3)cc2Br)C1.